The molecule has 3 aromatic carbocycles. The lowest BCUT2D eigenvalue weighted by Gasteiger charge is -2.08. The lowest BCUT2D eigenvalue weighted by atomic mass is 10.1. The van der Waals surface area contributed by atoms with Gasteiger partial charge in [0, 0.05) is 5.69 Å². The Labute approximate surface area is 144 Å². The van der Waals surface area contributed by atoms with Crippen LogP contribution in [0.4, 0.5) is 10.1 Å². The topological polar surface area (TPSA) is 55.4 Å². The average molecular weight is 337 g/mol. The summed E-state index contributed by atoms with van der Waals surface area (Å²) in [6.45, 7) is -0.368. The van der Waals surface area contributed by atoms with Crippen molar-refractivity contribution in [2.45, 2.75) is 6.42 Å². The molecule has 0 fully saturated rings. The van der Waals surface area contributed by atoms with Crippen molar-refractivity contribution in [3.63, 3.8) is 0 Å². The first-order chi connectivity index (χ1) is 12.1. The molecule has 0 saturated carbocycles. The van der Waals surface area contributed by atoms with Crippen molar-refractivity contribution in [1.82, 2.24) is 0 Å². The fraction of sp³-hybridized carbons (Fsp3) is 0.100. The zero-order chi connectivity index (χ0) is 17.6. The number of nitrogens with one attached hydrogen (secondary N) is 1. The van der Waals surface area contributed by atoms with Crippen LogP contribution in [-0.2, 0) is 20.7 Å². The number of anilines is 1. The van der Waals surface area contributed by atoms with Crippen LogP contribution in [0.3, 0.4) is 0 Å². The zero-order valence-corrected chi connectivity index (χ0v) is 13.4. The molecule has 1 N–H and O–H groups in total. The first kappa shape index (κ1) is 16.6. The van der Waals surface area contributed by atoms with Gasteiger partial charge in [0.25, 0.3) is 5.91 Å². The van der Waals surface area contributed by atoms with E-state index in [1.54, 1.807) is 6.07 Å². The van der Waals surface area contributed by atoms with E-state index in [9.17, 15) is 14.0 Å². The van der Waals surface area contributed by atoms with E-state index in [1.807, 2.05) is 36.4 Å². The number of carbonyl (C=O) groups is 2. The zero-order valence-electron chi connectivity index (χ0n) is 13.4. The highest BCUT2D eigenvalue weighted by molar-refractivity contribution is 5.95. The molecule has 0 atom stereocenters. The molecule has 3 rings (SSSR count). The van der Waals surface area contributed by atoms with Gasteiger partial charge < -0.3 is 10.1 Å². The number of rotatable bonds is 5. The summed E-state index contributed by atoms with van der Waals surface area (Å²) in [6, 6.07) is 18.9. The van der Waals surface area contributed by atoms with Crippen molar-refractivity contribution < 1.29 is 18.7 Å². The van der Waals surface area contributed by atoms with Gasteiger partial charge in [0.05, 0.1) is 6.42 Å². The Kier molecular flexibility index (Phi) is 5.04. The third-order valence-corrected chi connectivity index (χ3v) is 3.66. The molecule has 0 aliphatic carbocycles. The molecule has 0 unspecified atom stereocenters. The molecule has 1 amide bonds. The van der Waals surface area contributed by atoms with E-state index in [1.165, 1.54) is 24.3 Å². The van der Waals surface area contributed by atoms with Gasteiger partial charge >= 0.3 is 5.97 Å². The molecule has 4 nitrogen and oxygen atoms in total. The van der Waals surface area contributed by atoms with Gasteiger partial charge in [-0.05, 0) is 40.6 Å². The smallest absolute Gasteiger partial charge is 0.310 e. The first-order valence-electron chi connectivity index (χ1n) is 7.79. The maximum Gasteiger partial charge on any atom is 0.310 e. The van der Waals surface area contributed by atoms with E-state index in [-0.39, 0.29) is 18.8 Å². The number of ether oxygens (including phenoxy) is 1. The molecular weight excluding hydrogens is 321 g/mol. The second kappa shape index (κ2) is 7.57. The van der Waals surface area contributed by atoms with E-state index in [0.29, 0.717) is 11.3 Å². The predicted molar refractivity (Wildman–Crippen MR) is 93.6 cm³/mol. The molecule has 3 aromatic rings. The van der Waals surface area contributed by atoms with Crippen LogP contribution in [0.15, 0.2) is 66.7 Å². The Morgan fingerprint density at radius 1 is 0.920 bits per heavy atom. The van der Waals surface area contributed by atoms with Gasteiger partial charge in [-0.25, -0.2) is 4.39 Å². The van der Waals surface area contributed by atoms with Gasteiger partial charge in [-0.2, -0.15) is 0 Å². The Morgan fingerprint density at radius 3 is 2.40 bits per heavy atom. The van der Waals surface area contributed by atoms with Gasteiger partial charge in [-0.1, -0.05) is 42.5 Å². The molecule has 25 heavy (non-hydrogen) atoms. The average Bonchev–Trinajstić information content (AvgIpc) is 2.62. The maximum atomic E-state index is 12.8. The Hall–Kier alpha value is -3.21. The Morgan fingerprint density at radius 2 is 1.64 bits per heavy atom. The maximum absolute atomic E-state index is 12.8. The minimum atomic E-state index is -0.541. The highest BCUT2D eigenvalue weighted by atomic mass is 19.1. The lowest BCUT2D eigenvalue weighted by molar-refractivity contribution is -0.146. The molecule has 0 aliphatic heterocycles. The minimum Gasteiger partial charge on any atom is -0.455 e. The van der Waals surface area contributed by atoms with Crippen LogP contribution in [0.25, 0.3) is 10.8 Å². The summed E-state index contributed by atoms with van der Waals surface area (Å²) < 4.78 is 17.8. The standard InChI is InChI=1S/C20H16FNO3/c21-17-8-5-14(6-9-17)11-20(24)25-13-19(23)22-18-10-7-15-3-1-2-4-16(15)12-18/h1-10,12H,11,13H2,(H,22,23). The predicted octanol–water partition coefficient (Wildman–Crippen LogP) is 3.70. The van der Waals surface area contributed by atoms with Crippen LogP contribution in [0, 0.1) is 5.82 Å². The monoisotopic (exact) mass is 337 g/mol. The summed E-state index contributed by atoms with van der Waals surface area (Å²) in [5, 5.41) is 4.78. The normalized spacial score (nSPS) is 10.4. The third-order valence-electron chi connectivity index (χ3n) is 3.66. The SMILES string of the molecule is O=C(COC(=O)Cc1ccc(F)cc1)Nc1ccc2ccccc2c1. The van der Waals surface area contributed by atoms with Gasteiger partial charge in [0.2, 0.25) is 0 Å². The number of carbonyl (C=O) groups excluding carboxylic acids is 2. The van der Waals surface area contributed by atoms with Gasteiger partial charge in [-0.15, -0.1) is 0 Å². The molecule has 126 valence electrons. The largest absolute Gasteiger partial charge is 0.455 e. The van der Waals surface area contributed by atoms with Gasteiger partial charge in [0.15, 0.2) is 6.61 Å². The molecule has 0 aromatic heterocycles. The summed E-state index contributed by atoms with van der Waals surface area (Å²) >= 11 is 0. The van der Waals surface area contributed by atoms with Crippen molar-refractivity contribution >= 4 is 28.3 Å². The van der Waals surface area contributed by atoms with Crippen LogP contribution in [-0.4, -0.2) is 18.5 Å². The number of amides is 1. The molecular formula is C20H16FNO3. The molecule has 0 bridgehead atoms. The highest BCUT2D eigenvalue weighted by Gasteiger charge is 2.09. The van der Waals surface area contributed by atoms with Crippen molar-refractivity contribution in [2.24, 2.45) is 0 Å². The first-order valence-corrected chi connectivity index (χ1v) is 7.79. The number of halogens is 1. The summed E-state index contributed by atoms with van der Waals surface area (Å²) in [5.41, 5.74) is 1.26. The lowest BCUT2D eigenvalue weighted by Crippen LogP contribution is -2.21. The number of hydrogen-bond donors (Lipinski definition) is 1. The molecule has 0 saturated heterocycles. The molecule has 5 heteroatoms. The molecule has 0 heterocycles. The Bertz CT molecular complexity index is 906. The Balaban J connectivity index is 1.51. The number of benzene rings is 3. The van der Waals surface area contributed by atoms with Gasteiger partial charge in [0.1, 0.15) is 5.82 Å². The summed E-state index contributed by atoms with van der Waals surface area (Å²) in [7, 11) is 0. The summed E-state index contributed by atoms with van der Waals surface area (Å²) in [4.78, 5) is 23.6. The third kappa shape index (κ3) is 4.64. The van der Waals surface area contributed by atoms with E-state index < -0.39 is 11.9 Å². The van der Waals surface area contributed by atoms with Gasteiger partial charge in [-0.3, -0.25) is 9.59 Å². The summed E-state index contributed by atoms with van der Waals surface area (Å²) in [6.07, 6.45) is -0.0104. The quantitative estimate of drug-likeness (QED) is 0.722. The highest BCUT2D eigenvalue weighted by Crippen LogP contribution is 2.18. The minimum absolute atomic E-state index is 0.0104. The summed E-state index contributed by atoms with van der Waals surface area (Å²) in [5.74, 6) is -1.32. The fourth-order valence-corrected chi connectivity index (χ4v) is 2.43. The molecule has 0 aliphatic rings. The van der Waals surface area contributed by atoms with Crippen LogP contribution < -0.4 is 5.32 Å². The number of esters is 1. The van der Waals surface area contributed by atoms with Crippen molar-refractivity contribution in [2.75, 3.05) is 11.9 Å². The van der Waals surface area contributed by atoms with Crippen LogP contribution in [0.1, 0.15) is 5.56 Å². The van der Waals surface area contributed by atoms with Crippen LogP contribution >= 0.6 is 0 Å². The second-order valence-electron chi connectivity index (χ2n) is 5.57. The molecule has 0 radical (unpaired) electrons. The van der Waals surface area contributed by atoms with Crippen LogP contribution in [0.5, 0.6) is 0 Å². The number of hydrogen-bond acceptors (Lipinski definition) is 3. The van der Waals surface area contributed by atoms with E-state index >= 15 is 0 Å². The van der Waals surface area contributed by atoms with E-state index in [0.717, 1.165) is 10.8 Å². The van der Waals surface area contributed by atoms with Crippen molar-refractivity contribution in [1.29, 1.82) is 0 Å². The van der Waals surface area contributed by atoms with Crippen molar-refractivity contribution in [3.8, 4) is 0 Å². The van der Waals surface area contributed by atoms with Crippen molar-refractivity contribution in [3.05, 3.63) is 78.1 Å². The fourth-order valence-electron chi connectivity index (χ4n) is 2.43. The second-order valence-corrected chi connectivity index (χ2v) is 5.57. The van der Waals surface area contributed by atoms with E-state index in [2.05, 4.69) is 5.32 Å². The molecule has 0 spiro atoms. The van der Waals surface area contributed by atoms with Crippen LogP contribution in [0.2, 0.25) is 0 Å². The number of fused-ring (bicyclic) bond motifs is 1. The van der Waals surface area contributed by atoms with E-state index in [4.69, 9.17) is 4.74 Å².